The zero-order valence-electron chi connectivity index (χ0n) is 13.5. The molecule has 0 saturated carbocycles. The molecule has 0 aromatic carbocycles. The summed E-state index contributed by atoms with van der Waals surface area (Å²) in [5, 5.41) is 10.2. The van der Waals surface area contributed by atoms with Crippen LogP contribution in [-0.2, 0) is 16.0 Å². The molecule has 0 aliphatic rings. The number of aromatic nitrogens is 2. The predicted molar refractivity (Wildman–Crippen MR) is 81.4 cm³/mol. The Bertz CT molecular complexity index is 440. The minimum absolute atomic E-state index is 0.0672. The molecule has 1 aromatic rings. The van der Waals surface area contributed by atoms with Crippen molar-refractivity contribution in [3.8, 4) is 0 Å². The van der Waals surface area contributed by atoms with E-state index in [2.05, 4.69) is 15.7 Å². The van der Waals surface area contributed by atoms with Crippen LogP contribution >= 0.6 is 0 Å². The summed E-state index contributed by atoms with van der Waals surface area (Å²) in [6, 6.07) is 0.0672. The van der Waals surface area contributed by atoms with Crippen LogP contribution < -0.4 is 10.6 Å². The summed E-state index contributed by atoms with van der Waals surface area (Å²) < 4.78 is 12.0. The maximum atomic E-state index is 11.5. The lowest BCUT2D eigenvalue weighted by molar-refractivity contribution is 0.0526. The molecule has 1 rings (SSSR count). The molecule has 1 amide bonds. The monoisotopic (exact) mass is 298 g/mol. The Hall–Kier alpha value is -1.76. The van der Waals surface area contributed by atoms with Gasteiger partial charge in [-0.15, -0.1) is 0 Å². The molecule has 0 aliphatic carbocycles. The fraction of sp³-hybridized carbons (Fsp3) is 0.714. The SMILES string of the molecule is COCCn1cc(NC(C)CNC(=O)OC(C)(C)C)cn1. The second kappa shape index (κ2) is 7.87. The van der Waals surface area contributed by atoms with Gasteiger partial charge in [0.2, 0.25) is 0 Å². The lowest BCUT2D eigenvalue weighted by atomic mass is 10.2. The van der Waals surface area contributed by atoms with Gasteiger partial charge < -0.3 is 20.1 Å². The molecular formula is C14H26N4O3. The van der Waals surface area contributed by atoms with Crippen LogP contribution in [0.4, 0.5) is 10.5 Å². The maximum absolute atomic E-state index is 11.5. The number of anilines is 1. The largest absolute Gasteiger partial charge is 0.444 e. The Balaban J connectivity index is 2.31. The molecule has 2 N–H and O–H groups in total. The number of methoxy groups -OCH3 is 1. The number of hydrogen-bond donors (Lipinski definition) is 2. The summed E-state index contributed by atoms with van der Waals surface area (Å²) in [4.78, 5) is 11.5. The molecule has 0 saturated heterocycles. The van der Waals surface area contributed by atoms with Gasteiger partial charge in [0.15, 0.2) is 0 Å². The van der Waals surface area contributed by atoms with E-state index in [1.165, 1.54) is 0 Å². The first-order chi connectivity index (χ1) is 9.80. The quantitative estimate of drug-likeness (QED) is 0.803. The zero-order chi connectivity index (χ0) is 15.9. The van der Waals surface area contributed by atoms with Crippen LogP contribution in [0.1, 0.15) is 27.7 Å². The molecule has 7 nitrogen and oxygen atoms in total. The van der Waals surface area contributed by atoms with Crippen molar-refractivity contribution in [2.75, 3.05) is 25.6 Å². The van der Waals surface area contributed by atoms with E-state index in [1.54, 1.807) is 18.0 Å². The van der Waals surface area contributed by atoms with Gasteiger partial charge in [-0.1, -0.05) is 0 Å². The van der Waals surface area contributed by atoms with Crippen molar-refractivity contribution in [1.82, 2.24) is 15.1 Å². The second-order valence-corrected chi connectivity index (χ2v) is 5.91. The minimum atomic E-state index is -0.483. The molecule has 7 heteroatoms. The highest BCUT2D eigenvalue weighted by Crippen LogP contribution is 2.08. The van der Waals surface area contributed by atoms with Crippen LogP contribution in [0.25, 0.3) is 0 Å². The van der Waals surface area contributed by atoms with E-state index in [0.29, 0.717) is 19.7 Å². The highest BCUT2D eigenvalue weighted by molar-refractivity contribution is 5.67. The number of carbonyl (C=O) groups excluding carboxylic acids is 1. The number of ether oxygens (including phenoxy) is 2. The number of carbonyl (C=O) groups is 1. The Morgan fingerprint density at radius 1 is 1.48 bits per heavy atom. The lowest BCUT2D eigenvalue weighted by Crippen LogP contribution is -2.38. The first kappa shape index (κ1) is 17.3. The summed E-state index contributed by atoms with van der Waals surface area (Å²) in [6.07, 6.45) is 3.25. The molecule has 1 aromatic heterocycles. The van der Waals surface area contributed by atoms with Crippen molar-refractivity contribution < 1.29 is 14.3 Å². The van der Waals surface area contributed by atoms with Crippen LogP contribution in [0, 0.1) is 0 Å². The minimum Gasteiger partial charge on any atom is -0.444 e. The molecular weight excluding hydrogens is 272 g/mol. The van der Waals surface area contributed by atoms with Gasteiger partial charge in [-0.05, 0) is 27.7 Å². The first-order valence-electron chi connectivity index (χ1n) is 7.05. The summed E-state index contributed by atoms with van der Waals surface area (Å²) in [5.41, 5.74) is 0.424. The van der Waals surface area contributed by atoms with Gasteiger partial charge in [0.1, 0.15) is 5.60 Å². The van der Waals surface area contributed by atoms with E-state index >= 15 is 0 Å². The van der Waals surface area contributed by atoms with Gasteiger partial charge in [-0.3, -0.25) is 4.68 Å². The third-order valence-corrected chi connectivity index (χ3v) is 2.52. The molecule has 1 heterocycles. The van der Waals surface area contributed by atoms with E-state index in [1.807, 2.05) is 33.9 Å². The number of nitrogens with zero attached hydrogens (tertiary/aromatic N) is 2. The highest BCUT2D eigenvalue weighted by Gasteiger charge is 2.16. The molecule has 1 unspecified atom stereocenters. The van der Waals surface area contributed by atoms with E-state index in [0.717, 1.165) is 5.69 Å². The Labute approximate surface area is 126 Å². The van der Waals surface area contributed by atoms with Gasteiger partial charge in [-0.2, -0.15) is 5.10 Å². The Morgan fingerprint density at radius 3 is 2.81 bits per heavy atom. The Morgan fingerprint density at radius 2 is 2.19 bits per heavy atom. The Kier molecular flexibility index (Phi) is 6.48. The number of hydrogen-bond acceptors (Lipinski definition) is 5. The van der Waals surface area contributed by atoms with Crippen LogP contribution in [-0.4, -0.2) is 47.8 Å². The van der Waals surface area contributed by atoms with Gasteiger partial charge >= 0.3 is 6.09 Å². The van der Waals surface area contributed by atoms with Crippen LogP contribution in [0.15, 0.2) is 12.4 Å². The van der Waals surface area contributed by atoms with Gasteiger partial charge in [0, 0.05) is 25.9 Å². The van der Waals surface area contributed by atoms with Crippen molar-refractivity contribution in [3.05, 3.63) is 12.4 Å². The van der Waals surface area contributed by atoms with Crippen LogP contribution in [0.3, 0.4) is 0 Å². The normalized spacial score (nSPS) is 12.8. The average molecular weight is 298 g/mol. The highest BCUT2D eigenvalue weighted by atomic mass is 16.6. The summed E-state index contributed by atoms with van der Waals surface area (Å²) >= 11 is 0. The molecule has 0 bridgehead atoms. The van der Waals surface area contributed by atoms with Crippen molar-refractivity contribution in [1.29, 1.82) is 0 Å². The van der Waals surface area contributed by atoms with E-state index in [-0.39, 0.29) is 6.04 Å². The number of alkyl carbamates (subject to hydrolysis) is 1. The molecule has 120 valence electrons. The van der Waals surface area contributed by atoms with Crippen molar-refractivity contribution in [2.24, 2.45) is 0 Å². The first-order valence-corrected chi connectivity index (χ1v) is 7.05. The van der Waals surface area contributed by atoms with Crippen molar-refractivity contribution >= 4 is 11.8 Å². The van der Waals surface area contributed by atoms with E-state index in [9.17, 15) is 4.79 Å². The van der Waals surface area contributed by atoms with Gasteiger partial charge in [-0.25, -0.2) is 4.79 Å². The van der Waals surface area contributed by atoms with Crippen LogP contribution in [0.2, 0.25) is 0 Å². The molecule has 0 spiro atoms. The third-order valence-electron chi connectivity index (χ3n) is 2.52. The fourth-order valence-electron chi connectivity index (χ4n) is 1.63. The van der Waals surface area contributed by atoms with Crippen molar-refractivity contribution in [3.63, 3.8) is 0 Å². The number of rotatable bonds is 7. The second-order valence-electron chi connectivity index (χ2n) is 5.91. The van der Waals surface area contributed by atoms with Crippen molar-refractivity contribution in [2.45, 2.75) is 45.9 Å². The van der Waals surface area contributed by atoms with E-state index in [4.69, 9.17) is 9.47 Å². The lowest BCUT2D eigenvalue weighted by Gasteiger charge is -2.21. The number of amides is 1. The third kappa shape index (κ3) is 7.55. The topological polar surface area (TPSA) is 77.4 Å². The summed E-state index contributed by atoms with van der Waals surface area (Å²) in [5.74, 6) is 0. The maximum Gasteiger partial charge on any atom is 0.407 e. The molecule has 0 radical (unpaired) electrons. The van der Waals surface area contributed by atoms with E-state index < -0.39 is 11.7 Å². The zero-order valence-corrected chi connectivity index (χ0v) is 13.5. The van der Waals surface area contributed by atoms with Gasteiger partial charge in [0.25, 0.3) is 0 Å². The van der Waals surface area contributed by atoms with Gasteiger partial charge in [0.05, 0.1) is 25.0 Å². The van der Waals surface area contributed by atoms with Crippen LogP contribution in [0.5, 0.6) is 0 Å². The summed E-state index contributed by atoms with van der Waals surface area (Å²) in [7, 11) is 1.66. The molecule has 21 heavy (non-hydrogen) atoms. The average Bonchev–Trinajstić information content (AvgIpc) is 2.79. The molecule has 1 atom stereocenters. The molecule has 0 fully saturated rings. The molecule has 0 aliphatic heterocycles. The summed E-state index contributed by atoms with van der Waals surface area (Å²) in [6.45, 7) is 9.29. The fourth-order valence-corrected chi connectivity index (χ4v) is 1.63. The standard InChI is InChI=1S/C14H26N4O3/c1-11(8-15-13(19)21-14(2,3)4)17-12-9-16-18(10-12)6-7-20-5/h9-11,17H,6-8H2,1-5H3,(H,15,19). The number of nitrogens with one attached hydrogen (secondary N) is 2. The predicted octanol–water partition coefficient (Wildman–Crippen LogP) is 1.85. The smallest absolute Gasteiger partial charge is 0.407 e.